The maximum atomic E-state index is 15.8. The van der Waals surface area contributed by atoms with Crippen molar-refractivity contribution < 1.29 is 33.0 Å². The number of aliphatic hydroxyl groups excluding tert-OH is 1. The predicted molar refractivity (Wildman–Crippen MR) is 167 cm³/mol. The van der Waals surface area contributed by atoms with Crippen LogP contribution in [0.25, 0.3) is 0 Å². The van der Waals surface area contributed by atoms with Crippen LogP contribution >= 0.6 is 23.2 Å². The number of benzene rings is 3. The molecule has 3 aromatic rings. The van der Waals surface area contributed by atoms with Crippen molar-refractivity contribution >= 4 is 40.8 Å². The first kappa shape index (κ1) is 33.6. The third-order valence-corrected chi connectivity index (χ3v) is 8.56. The van der Waals surface area contributed by atoms with E-state index in [1.807, 2.05) is 27.7 Å². The van der Waals surface area contributed by atoms with Gasteiger partial charge in [-0.1, -0.05) is 69.1 Å². The molecular formula is C33H36Cl2F2N2O5. The summed E-state index contributed by atoms with van der Waals surface area (Å²) in [6.45, 7) is 7.44. The van der Waals surface area contributed by atoms with Crippen molar-refractivity contribution in [2.45, 2.75) is 57.5 Å². The maximum Gasteiger partial charge on any atom is 0.338 e. The zero-order valence-electron chi connectivity index (χ0n) is 25.1. The van der Waals surface area contributed by atoms with Gasteiger partial charge in [0.25, 0.3) is 0 Å². The molecule has 0 saturated carbocycles. The van der Waals surface area contributed by atoms with Gasteiger partial charge in [0.15, 0.2) is 0 Å². The summed E-state index contributed by atoms with van der Waals surface area (Å²) < 4.78 is 42.0. The normalized spacial score (nSPS) is 21.6. The predicted octanol–water partition coefficient (Wildman–Crippen LogP) is 6.89. The van der Waals surface area contributed by atoms with Gasteiger partial charge in [-0.3, -0.25) is 4.79 Å². The molecule has 1 saturated heterocycles. The van der Waals surface area contributed by atoms with Gasteiger partial charge in [-0.2, -0.15) is 0 Å². The van der Waals surface area contributed by atoms with Crippen LogP contribution in [0.2, 0.25) is 10.0 Å². The van der Waals surface area contributed by atoms with E-state index in [1.54, 1.807) is 24.3 Å². The van der Waals surface area contributed by atoms with Crippen molar-refractivity contribution in [2.24, 2.45) is 5.41 Å². The summed E-state index contributed by atoms with van der Waals surface area (Å²) in [4.78, 5) is 26.5. The SMILES string of the molecule is COc1cc(C(=O)OCCO)ccc1NC(=O)[C@@H]1NC(CC(C)(C)C)[C@](C)(c2ccc(Cl)cc2F)[C@H]1c1cccc(Cl)c1F. The van der Waals surface area contributed by atoms with Gasteiger partial charge in [-0.05, 0) is 59.4 Å². The molecule has 1 fully saturated rings. The van der Waals surface area contributed by atoms with Crippen LogP contribution in [0.5, 0.6) is 5.75 Å². The summed E-state index contributed by atoms with van der Waals surface area (Å²) in [5, 5.41) is 15.3. The zero-order valence-corrected chi connectivity index (χ0v) is 26.7. The number of halogens is 4. The number of carbonyl (C=O) groups is 2. The average molecular weight is 650 g/mol. The Kier molecular flexibility index (Phi) is 10.2. The number of hydrogen-bond acceptors (Lipinski definition) is 6. The molecule has 0 radical (unpaired) electrons. The van der Waals surface area contributed by atoms with Crippen molar-refractivity contribution in [1.29, 1.82) is 0 Å². The molecule has 0 bridgehead atoms. The molecule has 1 amide bonds. The van der Waals surface area contributed by atoms with E-state index in [0.717, 1.165) is 0 Å². The second-order valence-corrected chi connectivity index (χ2v) is 13.1. The van der Waals surface area contributed by atoms with Gasteiger partial charge in [0, 0.05) is 22.4 Å². The first-order valence-corrected chi connectivity index (χ1v) is 14.9. The Bertz CT molecular complexity index is 1550. The molecule has 0 aliphatic carbocycles. The molecule has 0 aromatic heterocycles. The Morgan fingerprint density at radius 3 is 2.45 bits per heavy atom. The fourth-order valence-electron chi connectivity index (χ4n) is 6.06. The van der Waals surface area contributed by atoms with Gasteiger partial charge in [0.2, 0.25) is 5.91 Å². The lowest BCUT2D eigenvalue weighted by atomic mass is 9.63. The van der Waals surface area contributed by atoms with Gasteiger partial charge in [0.05, 0.1) is 36.0 Å². The number of methoxy groups -OCH3 is 1. The Labute approximate surface area is 265 Å². The van der Waals surface area contributed by atoms with Gasteiger partial charge in [-0.15, -0.1) is 0 Å². The number of rotatable bonds is 9. The summed E-state index contributed by atoms with van der Waals surface area (Å²) in [5.74, 6) is -3.20. The first-order chi connectivity index (χ1) is 20.7. The lowest BCUT2D eigenvalue weighted by Crippen LogP contribution is -2.44. The van der Waals surface area contributed by atoms with Gasteiger partial charge in [-0.25, -0.2) is 13.6 Å². The fourth-order valence-corrected chi connectivity index (χ4v) is 6.40. The van der Waals surface area contributed by atoms with E-state index in [-0.39, 0.29) is 56.8 Å². The lowest BCUT2D eigenvalue weighted by Gasteiger charge is -2.40. The van der Waals surface area contributed by atoms with Crippen molar-refractivity contribution in [3.05, 3.63) is 93.0 Å². The van der Waals surface area contributed by atoms with E-state index < -0.39 is 46.9 Å². The molecule has 3 N–H and O–H groups in total. The zero-order chi connectivity index (χ0) is 32.4. The van der Waals surface area contributed by atoms with Crippen molar-refractivity contribution in [2.75, 3.05) is 25.6 Å². The summed E-state index contributed by atoms with van der Waals surface area (Å²) >= 11 is 12.4. The minimum absolute atomic E-state index is 0.120. The largest absolute Gasteiger partial charge is 0.495 e. The molecule has 44 heavy (non-hydrogen) atoms. The van der Waals surface area contributed by atoms with Gasteiger partial charge in [0.1, 0.15) is 24.0 Å². The number of carbonyl (C=O) groups excluding carboxylic acids is 2. The maximum absolute atomic E-state index is 15.8. The van der Waals surface area contributed by atoms with Gasteiger partial charge < -0.3 is 25.2 Å². The summed E-state index contributed by atoms with van der Waals surface area (Å²) in [5.41, 5.74) is -0.544. The molecule has 3 aromatic carbocycles. The summed E-state index contributed by atoms with van der Waals surface area (Å²) in [6, 6.07) is 11.8. The number of nitrogens with one attached hydrogen (secondary N) is 2. The van der Waals surface area contributed by atoms with Crippen LogP contribution in [0.1, 0.15) is 61.5 Å². The molecule has 11 heteroatoms. The van der Waals surface area contributed by atoms with Crippen LogP contribution in [0.3, 0.4) is 0 Å². The molecule has 1 aliphatic heterocycles. The van der Waals surface area contributed by atoms with Crippen molar-refractivity contribution in [3.8, 4) is 5.75 Å². The molecule has 1 aliphatic rings. The van der Waals surface area contributed by atoms with E-state index >= 15 is 8.78 Å². The number of ether oxygens (including phenoxy) is 2. The molecular weight excluding hydrogens is 613 g/mol. The van der Waals surface area contributed by atoms with Crippen molar-refractivity contribution in [1.82, 2.24) is 5.32 Å². The molecule has 4 atom stereocenters. The highest BCUT2D eigenvalue weighted by molar-refractivity contribution is 6.31. The van der Waals surface area contributed by atoms with E-state index in [9.17, 15) is 9.59 Å². The first-order valence-electron chi connectivity index (χ1n) is 14.1. The highest BCUT2D eigenvalue weighted by Crippen LogP contribution is 2.53. The number of aliphatic hydroxyl groups is 1. The molecule has 0 spiro atoms. The van der Waals surface area contributed by atoms with Crippen LogP contribution < -0.4 is 15.4 Å². The Morgan fingerprint density at radius 1 is 1.09 bits per heavy atom. The topological polar surface area (TPSA) is 96.9 Å². The van der Waals surface area contributed by atoms with E-state index in [2.05, 4.69) is 10.6 Å². The number of anilines is 1. The van der Waals surface area contributed by atoms with Crippen LogP contribution in [-0.2, 0) is 14.9 Å². The Morgan fingerprint density at radius 2 is 1.82 bits per heavy atom. The molecule has 236 valence electrons. The second kappa shape index (κ2) is 13.4. The molecule has 4 rings (SSSR count). The smallest absolute Gasteiger partial charge is 0.338 e. The van der Waals surface area contributed by atoms with E-state index in [0.29, 0.717) is 6.42 Å². The average Bonchev–Trinajstić information content (AvgIpc) is 3.24. The molecule has 7 nitrogen and oxygen atoms in total. The standard InChI is InChI=1S/C33H36Cl2F2N2O5/c1-32(2,3)17-26-33(4,21-11-10-19(34)16-23(21)36)27(20-7-6-8-22(35)28(20)37)29(39-26)30(41)38-24-12-9-18(15-25(24)43-5)31(42)44-14-13-40/h6-12,15-16,26-27,29,39-40H,13-14,17H2,1-5H3,(H,38,41)/t26?,27-,29+,33-/m0/s1. The molecule has 1 unspecified atom stereocenters. The third-order valence-electron chi connectivity index (χ3n) is 8.03. The second-order valence-electron chi connectivity index (χ2n) is 12.3. The Balaban J connectivity index is 1.83. The minimum Gasteiger partial charge on any atom is -0.495 e. The molecule has 1 heterocycles. The number of hydrogen-bond donors (Lipinski definition) is 3. The third kappa shape index (κ3) is 6.86. The van der Waals surface area contributed by atoms with Crippen LogP contribution in [-0.4, -0.2) is 49.4 Å². The lowest BCUT2D eigenvalue weighted by molar-refractivity contribution is -0.118. The quantitative estimate of drug-likeness (QED) is 0.219. The minimum atomic E-state index is -1.14. The highest BCUT2D eigenvalue weighted by atomic mass is 35.5. The van der Waals surface area contributed by atoms with Crippen LogP contribution in [0.4, 0.5) is 14.5 Å². The highest BCUT2D eigenvalue weighted by Gasteiger charge is 2.57. The van der Waals surface area contributed by atoms with Crippen LogP contribution in [0.15, 0.2) is 54.6 Å². The van der Waals surface area contributed by atoms with E-state index in [4.69, 9.17) is 37.8 Å². The Hall–Kier alpha value is -3.24. The van der Waals surface area contributed by atoms with E-state index in [1.165, 1.54) is 37.4 Å². The summed E-state index contributed by atoms with van der Waals surface area (Å²) in [6.07, 6.45) is 0.516. The van der Waals surface area contributed by atoms with Gasteiger partial charge >= 0.3 is 5.97 Å². The fraction of sp³-hybridized carbons (Fsp3) is 0.394. The summed E-state index contributed by atoms with van der Waals surface area (Å²) in [7, 11) is 1.38. The number of amides is 1. The van der Waals surface area contributed by atoms with Crippen molar-refractivity contribution in [3.63, 3.8) is 0 Å². The number of esters is 1. The monoisotopic (exact) mass is 648 g/mol. The van der Waals surface area contributed by atoms with Crippen LogP contribution in [0, 0.1) is 17.0 Å².